The first kappa shape index (κ1) is 10.6. The van der Waals surface area contributed by atoms with E-state index < -0.39 is 5.60 Å². The van der Waals surface area contributed by atoms with E-state index in [0.717, 1.165) is 0 Å². The van der Waals surface area contributed by atoms with Crippen molar-refractivity contribution in [1.82, 2.24) is 9.78 Å². The summed E-state index contributed by atoms with van der Waals surface area (Å²) in [5.41, 5.74) is 4.89. The van der Waals surface area contributed by atoms with Gasteiger partial charge in [-0.25, -0.2) is 0 Å². The number of anilines is 1. The molecule has 0 unspecified atom stereocenters. The predicted octanol–water partition coefficient (Wildman–Crippen LogP) is 0.807. The van der Waals surface area contributed by atoms with E-state index in [0.29, 0.717) is 12.4 Å². The van der Waals surface area contributed by atoms with Crippen molar-refractivity contribution in [3.05, 3.63) is 12.3 Å². The van der Waals surface area contributed by atoms with E-state index in [2.05, 4.69) is 5.10 Å². The molecule has 0 spiro atoms. The molecule has 0 atom stereocenters. The summed E-state index contributed by atoms with van der Waals surface area (Å²) >= 11 is 0. The van der Waals surface area contributed by atoms with Gasteiger partial charge >= 0.3 is 5.97 Å². The minimum Gasteiger partial charge on any atom is -0.458 e. The molecule has 5 nitrogen and oxygen atoms in total. The Balaban J connectivity index is 2.63. The van der Waals surface area contributed by atoms with Gasteiger partial charge in [0.15, 0.2) is 0 Å². The first-order chi connectivity index (χ1) is 6.39. The lowest BCUT2D eigenvalue weighted by Gasteiger charge is -2.24. The molecule has 1 aromatic rings. The highest BCUT2D eigenvalue weighted by molar-refractivity contribution is 5.66. The van der Waals surface area contributed by atoms with E-state index >= 15 is 0 Å². The second kappa shape index (κ2) is 3.69. The van der Waals surface area contributed by atoms with Crippen molar-refractivity contribution in [2.75, 3.05) is 5.73 Å². The van der Waals surface area contributed by atoms with E-state index in [1.165, 1.54) is 6.92 Å². The number of carbonyl (C=O) groups is 1. The zero-order valence-electron chi connectivity index (χ0n) is 8.65. The van der Waals surface area contributed by atoms with Crippen molar-refractivity contribution >= 4 is 11.8 Å². The molecule has 0 amide bonds. The highest BCUT2D eigenvalue weighted by Gasteiger charge is 2.22. The van der Waals surface area contributed by atoms with E-state index in [1.54, 1.807) is 16.9 Å². The first-order valence-electron chi connectivity index (χ1n) is 4.37. The van der Waals surface area contributed by atoms with E-state index in [1.807, 2.05) is 13.8 Å². The summed E-state index contributed by atoms with van der Waals surface area (Å²) in [7, 11) is 0. The Hall–Kier alpha value is -1.52. The van der Waals surface area contributed by atoms with Crippen LogP contribution < -0.4 is 5.73 Å². The van der Waals surface area contributed by atoms with Crippen LogP contribution in [-0.2, 0) is 16.1 Å². The second-order valence-corrected chi connectivity index (χ2v) is 3.79. The summed E-state index contributed by atoms with van der Waals surface area (Å²) in [6.45, 7) is 5.53. The largest absolute Gasteiger partial charge is 0.458 e. The van der Waals surface area contributed by atoms with Gasteiger partial charge in [-0.15, -0.1) is 0 Å². The number of rotatable bonds is 3. The SMILES string of the molecule is CC(=O)OC(C)(C)Cn1ccc(N)n1. The Labute approximate surface area is 82.8 Å². The van der Waals surface area contributed by atoms with Gasteiger partial charge in [-0.3, -0.25) is 9.48 Å². The number of esters is 1. The lowest BCUT2D eigenvalue weighted by molar-refractivity contribution is -0.154. The van der Waals surface area contributed by atoms with Gasteiger partial charge in [0.25, 0.3) is 0 Å². The molecule has 1 aromatic heterocycles. The topological polar surface area (TPSA) is 70.1 Å². The van der Waals surface area contributed by atoms with Crippen LogP contribution in [0.5, 0.6) is 0 Å². The standard InChI is InChI=1S/C9H15N3O2/c1-7(13)14-9(2,3)6-12-5-4-8(10)11-12/h4-5H,6H2,1-3H3,(H2,10,11). The average molecular weight is 197 g/mol. The minimum atomic E-state index is -0.565. The van der Waals surface area contributed by atoms with Crippen LogP contribution in [0, 0.1) is 0 Å². The zero-order valence-corrected chi connectivity index (χ0v) is 8.65. The molecule has 2 N–H and O–H groups in total. The van der Waals surface area contributed by atoms with Crippen molar-refractivity contribution in [1.29, 1.82) is 0 Å². The van der Waals surface area contributed by atoms with Gasteiger partial charge in [0.2, 0.25) is 0 Å². The zero-order chi connectivity index (χ0) is 10.8. The molecule has 0 saturated heterocycles. The summed E-state index contributed by atoms with van der Waals surface area (Å²) in [4.78, 5) is 10.8. The summed E-state index contributed by atoms with van der Waals surface area (Å²) in [5, 5.41) is 4.01. The average Bonchev–Trinajstić information content (AvgIpc) is 2.30. The smallest absolute Gasteiger partial charge is 0.303 e. The van der Waals surface area contributed by atoms with E-state index in [-0.39, 0.29) is 5.97 Å². The molecule has 0 saturated carbocycles. The van der Waals surface area contributed by atoms with Crippen LogP contribution in [0.3, 0.4) is 0 Å². The number of aromatic nitrogens is 2. The van der Waals surface area contributed by atoms with E-state index in [4.69, 9.17) is 10.5 Å². The summed E-state index contributed by atoms with van der Waals surface area (Å²) in [6.07, 6.45) is 1.75. The quantitative estimate of drug-likeness (QED) is 0.728. The lowest BCUT2D eigenvalue weighted by atomic mass is 10.1. The van der Waals surface area contributed by atoms with Gasteiger partial charge in [0.1, 0.15) is 11.4 Å². The van der Waals surface area contributed by atoms with Crippen LogP contribution in [-0.4, -0.2) is 21.4 Å². The molecule has 0 aliphatic heterocycles. The molecule has 1 rings (SSSR count). The van der Waals surface area contributed by atoms with Crippen molar-refractivity contribution in [3.8, 4) is 0 Å². The Morgan fingerprint density at radius 3 is 2.79 bits per heavy atom. The molecular formula is C9H15N3O2. The Morgan fingerprint density at radius 1 is 1.71 bits per heavy atom. The molecule has 0 radical (unpaired) electrons. The minimum absolute atomic E-state index is 0.296. The van der Waals surface area contributed by atoms with Gasteiger partial charge in [0.05, 0.1) is 6.54 Å². The molecule has 0 fully saturated rings. The Morgan fingerprint density at radius 2 is 2.36 bits per heavy atom. The molecule has 0 aliphatic carbocycles. The van der Waals surface area contributed by atoms with Gasteiger partial charge in [-0.2, -0.15) is 5.10 Å². The molecule has 14 heavy (non-hydrogen) atoms. The van der Waals surface area contributed by atoms with Crippen LogP contribution in [0.4, 0.5) is 5.82 Å². The summed E-state index contributed by atoms with van der Waals surface area (Å²) in [6, 6.07) is 1.70. The van der Waals surface area contributed by atoms with Gasteiger partial charge in [0, 0.05) is 13.1 Å². The molecule has 78 valence electrons. The third kappa shape index (κ3) is 3.08. The molecule has 1 heterocycles. The molecule has 0 aromatic carbocycles. The van der Waals surface area contributed by atoms with Crippen LogP contribution in [0.1, 0.15) is 20.8 Å². The third-order valence-electron chi connectivity index (χ3n) is 1.62. The maximum Gasteiger partial charge on any atom is 0.303 e. The van der Waals surface area contributed by atoms with Crippen molar-refractivity contribution in [3.63, 3.8) is 0 Å². The number of nitrogens with zero attached hydrogens (tertiary/aromatic N) is 2. The van der Waals surface area contributed by atoms with Gasteiger partial charge in [-0.05, 0) is 19.9 Å². The summed E-state index contributed by atoms with van der Waals surface area (Å²) < 4.78 is 6.76. The molecule has 0 bridgehead atoms. The fourth-order valence-electron chi connectivity index (χ4n) is 1.28. The van der Waals surface area contributed by atoms with Crippen molar-refractivity contribution < 1.29 is 9.53 Å². The normalized spacial score (nSPS) is 11.4. The highest BCUT2D eigenvalue weighted by Crippen LogP contribution is 2.12. The number of nitrogens with two attached hydrogens (primary N) is 1. The molecule has 5 heteroatoms. The molecule has 0 aliphatic rings. The maximum atomic E-state index is 10.8. The van der Waals surface area contributed by atoms with Crippen LogP contribution >= 0.6 is 0 Å². The number of hydrogen-bond acceptors (Lipinski definition) is 4. The van der Waals surface area contributed by atoms with Crippen LogP contribution in [0.2, 0.25) is 0 Å². The number of hydrogen-bond donors (Lipinski definition) is 1. The highest BCUT2D eigenvalue weighted by atomic mass is 16.6. The number of ether oxygens (including phenoxy) is 1. The summed E-state index contributed by atoms with van der Waals surface area (Å²) in [5.74, 6) is 0.166. The van der Waals surface area contributed by atoms with Crippen LogP contribution in [0.25, 0.3) is 0 Å². The third-order valence-corrected chi connectivity index (χ3v) is 1.62. The monoisotopic (exact) mass is 197 g/mol. The lowest BCUT2D eigenvalue weighted by Crippen LogP contribution is -2.32. The predicted molar refractivity (Wildman–Crippen MR) is 52.5 cm³/mol. The Bertz CT molecular complexity index is 331. The van der Waals surface area contributed by atoms with Crippen molar-refractivity contribution in [2.45, 2.75) is 32.9 Å². The number of nitrogen functional groups attached to an aromatic ring is 1. The number of carbonyl (C=O) groups excluding carboxylic acids is 1. The van der Waals surface area contributed by atoms with Crippen molar-refractivity contribution in [2.24, 2.45) is 0 Å². The molecular weight excluding hydrogens is 182 g/mol. The van der Waals surface area contributed by atoms with Gasteiger partial charge < -0.3 is 10.5 Å². The fourth-order valence-corrected chi connectivity index (χ4v) is 1.28. The second-order valence-electron chi connectivity index (χ2n) is 3.79. The van der Waals surface area contributed by atoms with Gasteiger partial charge in [-0.1, -0.05) is 0 Å². The van der Waals surface area contributed by atoms with E-state index in [9.17, 15) is 4.79 Å². The fraction of sp³-hybridized carbons (Fsp3) is 0.556. The van der Waals surface area contributed by atoms with Crippen LogP contribution in [0.15, 0.2) is 12.3 Å². The Kier molecular flexibility index (Phi) is 2.78. The maximum absolute atomic E-state index is 10.8. The first-order valence-corrected chi connectivity index (χ1v) is 4.37.